The van der Waals surface area contributed by atoms with Crippen LogP contribution in [0.2, 0.25) is 0 Å². The lowest BCUT2D eigenvalue weighted by molar-refractivity contribution is 0.114. The highest BCUT2D eigenvalue weighted by atomic mass is 16.5. The molecular formula is C16H25NO2. The van der Waals surface area contributed by atoms with E-state index >= 15 is 0 Å². The number of hydrogen-bond acceptors (Lipinski definition) is 3. The Hall–Kier alpha value is -1.06. The van der Waals surface area contributed by atoms with Gasteiger partial charge >= 0.3 is 0 Å². The molecule has 0 heterocycles. The number of hydrogen-bond donors (Lipinski definition) is 2. The summed E-state index contributed by atoms with van der Waals surface area (Å²) >= 11 is 0. The Kier molecular flexibility index (Phi) is 5.23. The molecule has 1 aromatic rings. The monoisotopic (exact) mass is 263 g/mol. The van der Waals surface area contributed by atoms with Crippen LogP contribution in [0, 0.1) is 0 Å². The van der Waals surface area contributed by atoms with E-state index in [4.69, 9.17) is 4.74 Å². The normalized spacial score (nSPS) is 25.0. The summed E-state index contributed by atoms with van der Waals surface area (Å²) in [4.78, 5) is 0. The van der Waals surface area contributed by atoms with Gasteiger partial charge in [-0.1, -0.05) is 18.2 Å². The number of aliphatic hydroxyl groups excluding tert-OH is 1. The molecular weight excluding hydrogens is 238 g/mol. The number of aliphatic hydroxyl groups is 1. The standard InChI is InChI=1S/C16H25NO2/c1-12(17-14-7-9-15(18)10-8-14)11-13-5-3-4-6-16(13)19-2/h3-6,12,14-15,17-18H,7-11H2,1-2H3. The van der Waals surface area contributed by atoms with Gasteiger partial charge in [-0.2, -0.15) is 0 Å². The van der Waals surface area contributed by atoms with Crippen LogP contribution in [0.5, 0.6) is 5.75 Å². The van der Waals surface area contributed by atoms with Crippen LogP contribution in [0.4, 0.5) is 0 Å². The van der Waals surface area contributed by atoms with Crippen LogP contribution in [0.25, 0.3) is 0 Å². The fourth-order valence-electron chi connectivity index (χ4n) is 2.91. The lowest BCUT2D eigenvalue weighted by Gasteiger charge is -2.29. The Morgan fingerprint density at radius 2 is 1.95 bits per heavy atom. The molecule has 2 rings (SSSR count). The molecule has 0 radical (unpaired) electrons. The molecule has 1 saturated carbocycles. The Morgan fingerprint density at radius 1 is 1.26 bits per heavy atom. The van der Waals surface area contributed by atoms with Crippen molar-refractivity contribution in [3.05, 3.63) is 29.8 Å². The number of para-hydroxylation sites is 1. The number of nitrogens with one attached hydrogen (secondary N) is 1. The van der Waals surface area contributed by atoms with E-state index in [1.165, 1.54) is 5.56 Å². The number of methoxy groups -OCH3 is 1. The van der Waals surface area contributed by atoms with Gasteiger partial charge in [0.1, 0.15) is 5.75 Å². The van der Waals surface area contributed by atoms with Gasteiger partial charge in [0.25, 0.3) is 0 Å². The van der Waals surface area contributed by atoms with Gasteiger partial charge in [0.2, 0.25) is 0 Å². The summed E-state index contributed by atoms with van der Waals surface area (Å²) in [6, 6.07) is 9.18. The summed E-state index contributed by atoms with van der Waals surface area (Å²) in [5, 5.41) is 13.2. The molecule has 1 fully saturated rings. The second kappa shape index (κ2) is 6.92. The van der Waals surface area contributed by atoms with Crippen LogP contribution < -0.4 is 10.1 Å². The van der Waals surface area contributed by atoms with E-state index in [1.807, 2.05) is 12.1 Å². The van der Waals surface area contributed by atoms with Crippen LogP contribution >= 0.6 is 0 Å². The van der Waals surface area contributed by atoms with Crippen molar-refractivity contribution in [2.75, 3.05) is 7.11 Å². The predicted octanol–water partition coefficient (Wildman–Crippen LogP) is 2.52. The van der Waals surface area contributed by atoms with Gasteiger partial charge in [-0.25, -0.2) is 0 Å². The van der Waals surface area contributed by atoms with E-state index in [9.17, 15) is 5.11 Å². The van der Waals surface area contributed by atoms with E-state index < -0.39 is 0 Å². The van der Waals surface area contributed by atoms with Crippen LogP contribution in [0.3, 0.4) is 0 Å². The molecule has 0 bridgehead atoms. The second-order valence-electron chi connectivity index (χ2n) is 5.59. The van der Waals surface area contributed by atoms with E-state index in [1.54, 1.807) is 7.11 Å². The molecule has 19 heavy (non-hydrogen) atoms. The molecule has 1 atom stereocenters. The van der Waals surface area contributed by atoms with Crippen molar-refractivity contribution >= 4 is 0 Å². The molecule has 1 aromatic carbocycles. The molecule has 3 nitrogen and oxygen atoms in total. The Balaban J connectivity index is 1.85. The maximum Gasteiger partial charge on any atom is 0.122 e. The fourth-order valence-corrected chi connectivity index (χ4v) is 2.91. The highest BCUT2D eigenvalue weighted by Gasteiger charge is 2.20. The zero-order valence-corrected chi connectivity index (χ0v) is 11.9. The van der Waals surface area contributed by atoms with Gasteiger partial charge in [-0.05, 0) is 50.7 Å². The number of ether oxygens (including phenoxy) is 1. The third kappa shape index (κ3) is 4.22. The van der Waals surface area contributed by atoms with Crippen molar-refractivity contribution in [3.63, 3.8) is 0 Å². The first-order valence-electron chi connectivity index (χ1n) is 7.25. The van der Waals surface area contributed by atoms with E-state index in [2.05, 4.69) is 24.4 Å². The maximum atomic E-state index is 9.52. The largest absolute Gasteiger partial charge is 0.496 e. The third-order valence-electron chi connectivity index (χ3n) is 3.94. The number of benzene rings is 1. The predicted molar refractivity (Wildman–Crippen MR) is 77.6 cm³/mol. The van der Waals surface area contributed by atoms with Crippen LogP contribution in [0.15, 0.2) is 24.3 Å². The van der Waals surface area contributed by atoms with Crippen molar-refractivity contribution in [2.24, 2.45) is 0 Å². The van der Waals surface area contributed by atoms with Crippen LogP contribution in [0.1, 0.15) is 38.2 Å². The average Bonchev–Trinajstić information content (AvgIpc) is 2.42. The first-order chi connectivity index (χ1) is 9.19. The highest BCUT2D eigenvalue weighted by molar-refractivity contribution is 5.33. The van der Waals surface area contributed by atoms with Gasteiger partial charge in [-0.3, -0.25) is 0 Å². The topological polar surface area (TPSA) is 41.5 Å². The van der Waals surface area contributed by atoms with E-state index in [0.717, 1.165) is 37.9 Å². The summed E-state index contributed by atoms with van der Waals surface area (Å²) in [7, 11) is 1.72. The van der Waals surface area contributed by atoms with Gasteiger partial charge in [0.15, 0.2) is 0 Å². The quantitative estimate of drug-likeness (QED) is 0.857. The lowest BCUT2D eigenvalue weighted by Crippen LogP contribution is -2.40. The Morgan fingerprint density at radius 3 is 2.63 bits per heavy atom. The first-order valence-corrected chi connectivity index (χ1v) is 7.25. The zero-order valence-electron chi connectivity index (χ0n) is 11.9. The summed E-state index contributed by atoms with van der Waals surface area (Å²) in [5.41, 5.74) is 1.25. The minimum Gasteiger partial charge on any atom is -0.496 e. The summed E-state index contributed by atoms with van der Waals surface area (Å²) in [6.45, 7) is 2.22. The van der Waals surface area contributed by atoms with Gasteiger partial charge in [-0.15, -0.1) is 0 Å². The number of rotatable bonds is 5. The van der Waals surface area contributed by atoms with Crippen molar-refractivity contribution in [1.82, 2.24) is 5.32 Å². The summed E-state index contributed by atoms with van der Waals surface area (Å²) < 4.78 is 5.39. The minimum atomic E-state index is -0.0810. The molecule has 106 valence electrons. The van der Waals surface area contributed by atoms with Crippen molar-refractivity contribution in [2.45, 2.75) is 57.2 Å². The molecule has 0 saturated heterocycles. The minimum absolute atomic E-state index is 0.0810. The van der Waals surface area contributed by atoms with E-state index in [-0.39, 0.29) is 6.10 Å². The molecule has 0 spiro atoms. The Bertz CT molecular complexity index is 386. The van der Waals surface area contributed by atoms with Gasteiger partial charge in [0, 0.05) is 12.1 Å². The smallest absolute Gasteiger partial charge is 0.122 e. The first kappa shape index (κ1) is 14.4. The summed E-state index contributed by atoms with van der Waals surface area (Å²) in [5.74, 6) is 0.968. The third-order valence-corrected chi connectivity index (χ3v) is 3.94. The van der Waals surface area contributed by atoms with Gasteiger partial charge in [0.05, 0.1) is 13.2 Å². The Labute approximate surface area is 116 Å². The molecule has 1 aliphatic carbocycles. The van der Waals surface area contributed by atoms with Crippen LogP contribution in [-0.2, 0) is 6.42 Å². The maximum absolute atomic E-state index is 9.52. The molecule has 0 amide bonds. The van der Waals surface area contributed by atoms with E-state index in [0.29, 0.717) is 12.1 Å². The molecule has 3 heteroatoms. The van der Waals surface area contributed by atoms with Gasteiger partial charge < -0.3 is 15.2 Å². The lowest BCUT2D eigenvalue weighted by atomic mass is 9.92. The zero-order chi connectivity index (χ0) is 13.7. The molecule has 1 aliphatic rings. The van der Waals surface area contributed by atoms with Crippen molar-refractivity contribution < 1.29 is 9.84 Å². The van der Waals surface area contributed by atoms with Crippen molar-refractivity contribution in [1.29, 1.82) is 0 Å². The SMILES string of the molecule is COc1ccccc1CC(C)NC1CCC(O)CC1. The second-order valence-corrected chi connectivity index (χ2v) is 5.59. The highest BCUT2D eigenvalue weighted by Crippen LogP contribution is 2.21. The molecule has 0 aliphatic heterocycles. The molecule has 1 unspecified atom stereocenters. The average molecular weight is 263 g/mol. The fraction of sp³-hybridized carbons (Fsp3) is 0.625. The summed E-state index contributed by atoms with van der Waals surface area (Å²) in [6.07, 6.45) is 4.92. The molecule has 0 aromatic heterocycles. The molecule has 2 N–H and O–H groups in total. The van der Waals surface area contributed by atoms with Crippen molar-refractivity contribution in [3.8, 4) is 5.75 Å². The van der Waals surface area contributed by atoms with Crippen LogP contribution in [-0.4, -0.2) is 30.4 Å².